The summed E-state index contributed by atoms with van der Waals surface area (Å²) in [5, 5.41) is 5.95. The highest BCUT2D eigenvalue weighted by Gasteiger charge is 2.25. The summed E-state index contributed by atoms with van der Waals surface area (Å²) in [6.45, 7) is 1.87. The molecule has 0 radical (unpaired) electrons. The first-order chi connectivity index (χ1) is 9.29. The Hall–Kier alpha value is -1.06. The van der Waals surface area contributed by atoms with Gasteiger partial charge >= 0.3 is 0 Å². The zero-order valence-electron chi connectivity index (χ0n) is 11.3. The number of aryl methyl sites for hydroxylation is 1. The highest BCUT2D eigenvalue weighted by molar-refractivity contribution is 6.18. The van der Waals surface area contributed by atoms with Gasteiger partial charge in [0.2, 0.25) is 0 Å². The Balaban J connectivity index is 1.86. The third-order valence-electron chi connectivity index (χ3n) is 4.15. The van der Waals surface area contributed by atoms with Crippen LogP contribution in [-0.2, 0) is 13.6 Å². The summed E-state index contributed by atoms with van der Waals surface area (Å²) in [6.07, 6.45) is 3.97. The molecule has 0 bridgehead atoms. The molecule has 19 heavy (non-hydrogen) atoms. The largest absolute Gasteiger partial charge is 0.293 e. The minimum Gasteiger partial charge on any atom is -0.293 e. The van der Waals surface area contributed by atoms with Crippen LogP contribution in [0.1, 0.15) is 25.0 Å². The zero-order valence-corrected chi connectivity index (χ0v) is 12.1. The molecular weight excluding hydrogens is 258 g/mol. The molecule has 0 unspecified atom stereocenters. The van der Waals surface area contributed by atoms with Crippen LogP contribution in [0.25, 0.3) is 10.9 Å². The van der Waals surface area contributed by atoms with Crippen LogP contribution in [0.4, 0.5) is 0 Å². The molecule has 1 aliphatic rings. The smallest absolute Gasteiger partial charge is 0.0843 e. The number of nitrogens with zero attached hydrogens (tertiary/aromatic N) is 3. The van der Waals surface area contributed by atoms with E-state index in [2.05, 4.69) is 34.3 Å². The van der Waals surface area contributed by atoms with E-state index in [-0.39, 0.29) is 0 Å². The fourth-order valence-corrected chi connectivity index (χ4v) is 3.07. The Morgan fingerprint density at radius 3 is 2.84 bits per heavy atom. The Labute approximate surface area is 119 Å². The third kappa shape index (κ3) is 2.49. The summed E-state index contributed by atoms with van der Waals surface area (Å²) in [6, 6.07) is 9.15. The van der Waals surface area contributed by atoms with E-state index in [1.165, 1.54) is 35.9 Å². The highest BCUT2D eigenvalue weighted by Crippen LogP contribution is 2.27. The Bertz CT molecular complexity index is 560. The second-order valence-electron chi connectivity index (χ2n) is 5.33. The van der Waals surface area contributed by atoms with Crippen molar-refractivity contribution in [3.63, 3.8) is 0 Å². The molecule has 1 saturated carbocycles. The van der Waals surface area contributed by atoms with Gasteiger partial charge in [-0.25, -0.2) is 0 Å². The van der Waals surface area contributed by atoms with E-state index in [0.717, 1.165) is 13.1 Å². The predicted octanol–water partition coefficient (Wildman–Crippen LogP) is 3.17. The summed E-state index contributed by atoms with van der Waals surface area (Å²) in [5.41, 5.74) is 2.38. The van der Waals surface area contributed by atoms with Crippen molar-refractivity contribution in [2.75, 3.05) is 12.4 Å². The second kappa shape index (κ2) is 5.51. The van der Waals surface area contributed by atoms with E-state index in [4.69, 9.17) is 11.6 Å². The van der Waals surface area contributed by atoms with E-state index < -0.39 is 0 Å². The molecule has 0 atom stereocenters. The summed E-state index contributed by atoms with van der Waals surface area (Å²) in [7, 11) is 2.01. The van der Waals surface area contributed by atoms with Gasteiger partial charge in [-0.15, -0.1) is 11.6 Å². The van der Waals surface area contributed by atoms with Gasteiger partial charge in [0.05, 0.1) is 11.2 Å². The Kier molecular flexibility index (Phi) is 3.76. The number of alkyl halides is 1. The van der Waals surface area contributed by atoms with Gasteiger partial charge in [0.15, 0.2) is 0 Å². The number of para-hydroxylation sites is 1. The van der Waals surface area contributed by atoms with Crippen LogP contribution in [0, 0.1) is 0 Å². The van der Waals surface area contributed by atoms with Crippen molar-refractivity contribution in [3.05, 3.63) is 30.0 Å². The molecule has 1 aromatic heterocycles. The standard InChI is InChI=1S/C15H20ClN3/c1-18-15-8-3-2-7-13(15)14(17-18)11-19(10-9-16)12-5-4-6-12/h2-3,7-8,12H,4-6,9-11H2,1H3. The molecule has 0 spiro atoms. The van der Waals surface area contributed by atoms with Gasteiger partial charge in [0.25, 0.3) is 0 Å². The average molecular weight is 278 g/mol. The fraction of sp³-hybridized carbons (Fsp3) is 0.533. The number of fused-ring (bicyclic) bond motifs is 1. The first kappa shape index (κ1) is 12.9. The Morgan fingerprint density at radius 2 is 2.16 bits per heavy atom. The molecule has 3 nitrogen and oxygen atoms in total. The van der Waals surface area contributed by atoms with E-state index in [1.807, 2.05) is 11.7 Å². The molecule has 0 N–H and O–H groups in total. The predicted molar refractivity (Wildman–Crippen MR) is 79.5 cm³/mol. The number of aromatic nitrogens is 2. The highest BCUT2D eigenvalue weighted by atomic mass is 35.5. The summed E-state index contributed by atoms with van der Waals surface area (Å²) in [5.74, 6) is 0.696. The molecule has 1 heterocycles. The monoisotopic (exact) mass is 277 g/mol. The number of halogens is 1. The minimum absolute atomic E-state index is 0.696. The lowest BCUT2D eigenvalue weighted by Gasteiger charge is -2.36. The van der Waals surface area contributed by atoms with Gasteiger partial charge in [-0.1, -0.05) is 24.6 Å². The van der Waals surface area contributed by atoms with Crippen LogP contribution < -0.4 is 0 Å². The van der Waals surface area contributed by atoms with Crippen LogP contribution >= 0.6 is 11.6 Å². The maximum Gasteiger partial charge on any atom is 0.0843 e. The molecule has 0 aliphatic heterocycles. The third-order valence-corrected chi connectivity index (χ3v) is 4.32. The normalized spacial score (nSPS) is 16.2. The van der Waals surface area contributed by atoms with Crippen LogP contribution in [-0.4, -0.2) is 33.1 Å². The van der Waals surface area contributed by atoms with Crippen molar-refractivity contribution in [1.82, 2.24) is 14.7 Å². The maximum atomic E-state index is 5.94. The van der Waals surface area contributed by atoms with Gasteiger partial charge in [0, 0.05) is 37.4 Å². The second-order valence-corrected chi connectivity index (χ2v) is 5.71. The number of hydrogen-bond donors (Lipinski definition) is 0. The van der Waals surface area contributed by atoms with Gasteiger partial charge in [0.1, 0.15) is 0 Å². The summed E-state index contributed by atoms with van der Waals surface area (Å²) in [4.78, 5) is 2.49. The zero-order chi connectivity index (χ0) is 13.2. The molecule has 1 fully saturated rings. The van der Waals surface area contributed by atoms with Gasteiger partial charge in [-0.2, -0.15) is 5.10 Å². The van der Waals surface area contributed by atoms with Crippen molar-refractivity contribution in [3.8, 4) is 0 Å². The van der Waals surface area contributed by atoms with Crippen LogP contribution in [0.5, 0.6) is 0 Å². The van der Waals surface area contributed by atoms with Crippen molar-refractivity contribution in [2.45, 2.75) is 31.8 Å². The average Bonchev–Trinajstić information content (AvgIpc) is 2.65. The first-order valence-corrected chi connectivity index (χ1v) is 7.53. The van der Waals surface area contributed by atoms with Crippen molar-refractivity contribution in [1.29, 1.82) is 0 Å². The fourth-order valence-electron chi connectivity index (χ4n) is 2.85. The van der Waals surface area contributed by atoms with Crippen molar-refractivity contribution in [2.24, 2.45) is 7.05 Å². The summed E-state index contributed by atoms with van der Waals surface area (Å²) < 4.78 is 1.98. The van der Waals surface area contributed by atoms with Gasteiger partial charge in [-0.05, 0) is 18.9 Å². The van der Waals surface area contributed by atoms with Crippen molar-refractivity contribution >= 4 is 22.5 Å². The van der Waals surface area contributed by atoms with E-state index in [0.29, 0.717) is 11.9 Å². The number of benzene rings is 1. The molecule has 0 saturated heterocycles. The molecule has 1 aromatic carbocycles. The quantitative estimate of drug-likeness (QED) is 0.783. The van der Waals surface area contributed by atoms with E-state index >= 15 is 0 Å². The molecule has 1 aliphatic carbocycles. The Morgan fingerprint density at radius 1 is 1.37 bits per heavy atom. The molecule has 4 heteroatoms. The van der Waals surface area contributed by atoms with E-state index in [1.54, 1.807) is 0 Å². The van der Waals surface area contributed by atoms with Gasteiger partial charge < -0.3 is 0 Å². The SMILES string of the molecule is Cn1nc(CN(CCCl)C2CCC2)c2ccccc21. The summed E-state index contributed by atoms with van der Waals surface area (Å²) >= 11 is 5.94. The topological polar surface area (TPSA) is 21.1 Å². The van der Waals surface area contributed by atoms with Crippen LogP contribution in [0.2, 0.25) is 0 Å². The van der Waals surface area contributed by atoms with Gasteiger partial charge in [-0.3, -0.25) is 9.58 Å². The minimum atomic E-state index is 0.696. The maximum absolute atomic E-state index is 5.94. The molecule has 3 rings (SSSR count). The molecule has 0 amide bonds. The first-order valence-electron chi connectivity index (χ1n) is 7.00. The molecular formula is C15H20ClN3. The molecule has 102 valence electrons. The number of hydrogen-bond acceptors (Lipinski definition) is 2. The lowest BCUT2D eigenvalue weighted by molar-refractivity contribution is 0.126. The van der Waals surface area contributed by atoms with Crippen LogP contribution in [0.3, 0.4) is 0 Å². The molecule has 2 aromatic rings. The van der Waals surface area contributed by atoms with Crippen molar-refractivity contribution < 1.29 is 0 Å². The number of rotatable bonds is 5. The van der Waals surface area contributed by atoms with E-state index in [9.17, 15) is 0 Å². The van der Waals surface area contributed by atoms with Crippen LogP contribution in [0.15, 0.2) is 24.3 Å². The lowest BCUT2D eigenvalue weighted by atomic mass is 9.91. The lowest BCUT2D eigenvalue weighted by Crippen LogP contribution is -2.40.